The summed E-state index contributed by atoms with van der Waals surface area (Å²) in [6.07, 6.45) is 6.41. The molecule has 4 unspecified atom stereocenters. The van der Waals surface area contributed by atoms with E-state index in [1.54, 1.807) is 0 Å². The first-order valence-corrected chi connectivity index (χ1v) is 8.62. The summed E-state index contributed by atoms with van der Waals surface area (Å²) in [4.78, 5) is 27.2. The summed E-state index contributed by atoms with van der Waals surface area (Å²) in [7, 11) is 0. The zero-order valence-electron chi connectivity index (χ0n) is 13.9. The number of carbonyl (C=O) groups excluding carboxylic acids is 2. The minimum atomic E-state index is -0.325. The first kappa shape index (κ1) is 16.3. The van der Waals surface area contributed by atoms with Crippen LogP contribution < -0.4 is 5.32 Å². The molecule has 2 aliphatic rings. The largest absolute Gasteiger partial charge is 0.343 e. The van der Waals surface area contributed by atoms with Crippen molar-refractivity contribution in [2.75, 3.05) is 0 Å². The molecule has 4 atom stereocenters. The normalized spacial score (nSPS) is 34.2. The topological polar surface area (TPSA) is 49.4 Å². The third kappa shape index (κ3) is 3.24. The highest BCUT2D eigenvalue weighted by Gasteiger charge is 2.45. The summed E-state index contributed by atoms with van der Waals surface area (Å²) < 4.78 is 0. The SMILES string of the molecule is CCC1CCCC(N2C(=O)C(CC)NC(=O)C2C(C)C)C1. The summed E-state index contributed by atoms with van der Waals surface area (Å²) in [6.45, 7) is 8.27. The predicted octanol–water partition coefficient (Wildman–Crippen LogP) is 2.72. The van der Waals surface area contributed by atoms with Gasteiger partial charge in [0, 0.05) is 6.04 Å². The fourth-order valence-electron chi connectivity index (χ4n) is 3.96. The van der Waals surface area contributed by atoms with Crippen molar-refractivity contribution in [1.82, 2.24) is 10.2 Å². The molecule has 2 fully saturated rings. The van der Waals surface area contributed by atoms with Gasteiger partial charge in [-0.3, -0.25) is 9.59 Å². The lowest BCUT2D eigenvalue weighted by Crippen LogP contribution is -2.67. The van der Waals surface area contributed by atoms with Crippen molar-refractivity contribution in [3.63, 3.8) is 0 Å². The van der Waals surface area contributed by atoms with Gasteiger partial charge in [0.25, 0.3) is 0 Å². The van der Waals surface area contributed by atoms with E-state index in [-0.39, 0.29) is 35.9 Å². The van der Waals surface area contributed by atoms with Gasteiger partial charge < -0.3 is 10.2 Å². The Balaban J connectivity index is 2.25. The van der Waals surface area contributed by atoms with Gasteiger partial charge >= 0.3 is 0 Å². The Morgan fingerprint density at radius 1 is 1.19 bits per heavy atom. The van der Waals surface area contributed by atoms with E-state index in [9.17, 15) is 9.59 Å². The molecule has 2 amide bonds. The van der Waals surface area contributed by atoms with Crippen LogP contribution in [-0.4, -0.2) is 34.8 Å². The number of amides is 2. The van der Waals surface area contributed by atoms with Crippen LogP contribution in [0.3, 0.4) is 0 Å². The van der Waals surface area contributed by atoms with Crippen LogP contribution in [0.25, 0.3) is 0 Å². The van der Waals surface area contributed by atoms with Crippen molar-refractivity contribution in [3.8, 4) is 0 Å². The molecule has 4 heteroatoms. The van der Waals surface area contributed by atoms with Gasteiger partial charge in [-0.25, -0.2) is 0 Å². The first-order valence-electron chi connectivity index (χ1n) is 8.62. The standard InChI is InChI=1S/C17H30N2O2/c1-5-12-8-7-9-13(10-12)19-15(11(3)4)16(20)18-14(6-2)17(19)21/h11-15H,5-10H2,1-4H3,(H,18,20). The smallest absolute Gasteiger partial charge is 0.246 e. The molecule has 21 heavy (non-hydrogen) atoms. The zero-order valence-corrected chi connectivity index (χ0v) is 13.9. The lowest BCUT2D eigenvalue weighted by Gasteiger charge is -2.47. The second-order valence-corrected chi connectivity index (χ2v) is 7.00. The molecule has 0 radical (unpaired) electrons. The fraction of sp³-hybridized carbons (Fsp3) is 0.882. The molecular weight excluding hydrogens is 264 g/mol. The van der Waals surface area contributed by atoms with E-state index in [1.165, 1.54) is 19.3 Å². The maximum Gasteiger partial charge on any atom is 0.246 e. The molecule has 1 saturated heterocycles. The number of carbonyl (C=O) groups is 2. The van der Waals surface area contributed by atoms with Gasteiger partial charge in [0.1, 0.15) is 12.1 Å². The van der Waals surface area contributed by atoms with Crippen LogP contribution in [0.1, 0.15) is 66.2 Å². The van der Waals surface area contributed by atoms with Crippen molar-refractivity contribution in [3.05, 3.63) is 0 Å². The molecule has 0 aromatic carbocycles. The molecule has 1 N–H and O–H groups in total. The number of hydrogen-bond acceptors (Lipinski definition) is 2. The number of piperazine rings is 1. The summed E-state index contributed by atoms with van der Waals surface area (Å²) >= 11 is 0. The number of rotatable bonds is 4. The minimum Gasteiger partial charge on any atom is -0.343 e. The molecule has 0 aromatic rings. The Morgan fingerprint density at radius 3 is 2.48 bits per heavy atom. The van der Waals surface area contributed by atoms with Gasteiger partial charge in [-0.2, -0.15) is 0 Å². The quantitative estimate of drug-likeness (QED) is 0.866. The summed E-state index contributed by atoms with van der Waals surface area (Å²) in [6, 6.07) is -0.362. The Labute approximate surface area is 128 Å². The average molecular weight is 294 g/mol. The number of nitrogens with one attached hydrogen (secondary N) is 1. The van der Waals surface area contributed by atoms with Crippen LogP contribution in [0, 0.1) is 11.8 Å². The van der Waals surface area contributed by atoms with Crippen LogP contribution in [0.2, 0.25) is 0 Å². The van der Waals surface area contributed by atoms with Crippen LogP contribution >= 0.6 is 0 Å². The molecular formula is C17H30N2O2. The molecule has 0 spiro atoms. The van der Waals surface area contributed by atoms with Gasteiger partial charge in [0.2, 0.25) is 11.8 Å². The molecule has 0 bridgehead atoms. The Kier molecular flexibility index (Phi) is 5.28. The zero-order chi connectivity index (χ0) is 15.6. The van der Waals surface area contributed by atoms with Crippen LogP contribution in [0.4, 0.5) is 0 Å². The van der Waals surface area contributed by atoms with Crippen LogP contribution in [0.15, 0.2) is 0 Å². The van der Waals surface area contributed by atoms with Gasteiger partial charge in [-0.05, 0) is 31.1 Å². The molecule has 120 valence electrons. The Morgan fingerprint density at radius 2 is 1.90 bits per heavy atom. The van der Waals surface area contributed by atoms with E-state index in [2.05, 4.69) is 12.2 Å². The van der Waals surface area contributed by atoms with Crippen molar-refractivity contribution >= 4 is 11.8 Å². The Hall–Kier alpha value is -1.06. The lowest BCUT2D eigenvalue weighted by molar-refractivity contribution is -0.155. The summed E-state index contributed by atoms with van der Waals surface area (Å²) in [5.41, 5.74) is 0. The minimum absolute atomic E-state index is 0.0371. The summed E-state index contributed by atoms with van der Waals surface area (Å²) in [5.74, 6) is 1.04. The number of nitrogens with zero attached hydrogens (tertiary/aromatic N) is 1. The molecule has 0 aromatic heterocycles. The van der Waals surface area contributed by atoms with E-state index in [4.69, 9.17) is 0 Å². The second-order valence-electron chi connectivity index (χ2n) is 7.00. The second kappa shape index (κ2) is 6.80. The fourth-order valence-corrected chi connectivity index (χ4v) is 3.96. The van der Waals surface area contributed by atoms with Crippen molar-refractivity contribution in [2.45, 2.75) is 84.3 Å². The maximum absolute atomic E-state index is 12.8. The highest BCUT2D eigenvalue weighted by atomic mass is 16.2. The van der Waals surface area contributed by atoms with Crippen molar-refractivity contribution < 1.29 is 9.59 Å². The van der Waals surface area contributed by atoms with Crippen LogP contribution in [-0.2, 0) is 9.59 Å². The third-order valence-electron chi connectivity index (χ3n) is 5.20. The first-order chi connectivity index (χ1) is 9.99. The molecule has 1 saturated carbocycles. The number of hydrogen-bond donors (Lipinski definition) is 1. The van der Waals surface area contributed by atoms with E-state index in [0.717, 1.165) is 12.8 Å². The molecule has 1 aliphatic carbocycles. The highest BCUT2D eigenvalue weighted by Crippen LogP contribution is 2.33. The van der Waals surface area contributed by atoms with E-state index in [0.29, 0.717) is 12.3 Å². The molecule has 2 rings (SSSR count). The predicted molar refractivity (Wildman–Crippen MR) is 83.7 cm³/mol. The molecule has 1 heterocycles. The van der Waals surface area contributed by atoms with Crippen molar-refractivity contribution in [1.29, 1.82) is 0 Å². The van der Waals surface area contributed by atoms with Gasteiger partial charge in [-0.15, -0.1) is 0 Å². The van der Waals surface area contributed by atoms with E-state index >= 15 is 0 Å². The highest BCUT2D eigenvalue weighted by molar-refractivity contribution is 5.97. The monoisotopic (exact) mass is 294 g/mol. The van der Waals surface area contributed by atoms with E-state index in [1.807, 2.05) is 25.7 Å². The van der Waals surface area contributed by atoms with Gasteiger partial charge in [-0.1, -0.05) is 47.0 Å². The third-order valence-corrected chi connectivity index (χ3v) is 5.20. The van der Waals surface area contributed by atoms with Crippen molar-refractivity contribution in [2.24, 2.45) is 11.8 Å². The van der Waals surface area contributed by atoms with Gasteiger partial charge in [0.05, 0.1) is 0 Å². The average Bonchev–Trinajstić information content (AvgIpc) is 2.48. The van der Waals surface area contributed by atoms with Gasteiger partial charge in [0.15, 0.2) is 0 Å². The van der Waals surface area contributed by atoms with Crippen LogP contribution in [0.5, 0.6) is 0 Å². The van der Waals surface area contributed by atoms with E-state index < -0.39 is 0 Å². The molecule has 1 aliphatic heterocycles. The lowest BCUT2D eigenvalue weighted by atomic mass is 9.81. The maximum atomic E-state index is 12.8. The molecule has 4 nitrogen and oxygen atoms in total. The summed E-state index contributed by atoms with van der Waals surface area (Å²) in [5, 5.41) is 2.91. The Bertz CT molecular complexity index is 394.